The summed E-state index contributed by atoms with van der Waals surface area (Å²) in [7, 11) is 0. The lowest BCUT2D eigenvalue weighted by atomic mass is 9.92. The maximum atomic E-state index is 12.2. The fourth-order valence-electron chi connectivity index (χ4n) is 2.05. The summed E-state index contributed by atoms with van der Waals surface area (Å²) >= 11 is 3.50. The molecule has 1 fully saturated rings. The van der Waals surface area contributed by atoms with E-state index in [0.717, 1.165) is 23.9 Å². The summed E-state index contributed by atoms with van der Waals surface area (Å²) in [5.41, 5.74) is 1.32. The Bertz CT molecular complexity index is 431. The molecule has 2 heterocycles. The Morgan fingerprint density at radius 3 is 2.89 bits per heavy atom. The van der Waals surface area contributed by atoms with Gasteiger partial charge >= 0.3 is 0 Å². The number of nitrogens with zero attached hydrogens (tertiary/aromatic N) is 1. The van der Waals surface area contributed by atoms with E-state index in [1.54, 1.807) is 18.3 Å². The number of rotatable bonds is 3. The molecule has 1 amide bonds. The lowest BCUT2D eigenvalue weighted by Crippen LogP contribution is -2.53. The lowest BCUT2D eigenvalue weighted by molar-refractivity contribution is 0.0442. The molecule has 0 spiro atoms. The monoisotopic (exact) mass is 312 g/mol. The highest BCUT2D eigenvalue weighted by Crippen LogP contribution is 2.23. The molecule has 1 N–H and O–H groups in total. The number of hydrogen-bond acceptors (Lipinski definition) is 3. The first kappa shape index (κ1) is 13.5. The minimum Gasteiger partial charge on any atom is -0.381 e. The molecule has 1 aliphatic rings. The van der Waals surface area contributed by atoms with E-state index in [9.17, 15) is 4.79 Å². The van der Waals surface area contributed by atoms with Crippen LogP contribution in [0.15, 0.2) is 18.3 Å². The number of carbonyl (C=O) groups excluding carboxylic acids is 1. The first-order valence-electron chi connectivity index (χ1n) is 6.04. The first-order chi connectivity index (χ1) is 8.65. The van der Waals surface area contributed by atoms with Crippen molar-refractivity contribution in [1.82, 2.24) is 10.3 Å². The third-order valence-corrected chi connectivity index (χ3v) is 4.32. The molecule has 1 aliphatic heterocycles. The maximum absolute atomic E-state index is 12.2. The van der Waals surface area contributed by atoms with E-state index in [-0.39, 0.29) is 11.4 Å². The van der Waals surface area contributed by atoms with Gasteiger partial charge in [0.1, 0.15) is 0 Å². The van der Waals surface area contributed by atoms with Crippen molar-refractivity contribution in [2.45, 2.75) is 25.3 Å². The molecule has 0 radical (unpaired) electrons. The molecule has 1 aromatic heterocycles. The Labute approximate surface area is 115 Å². The van der Waals surface area contributed by atoms with E-state index in [1.807, 2.05) is 6.92 Å². The van der Waals surface area contributed by atoms with Gasteiger partial charge in [-0.2, -0.15) is 0 Å². The third-order valence-electron chi connectivity index (χ3n) is 3.24. The predicted octanol–water partition coefficient (Wildman–Crippen LogP) is 2.06. The topological polar surface area (TPSA) is 51.2 Å². The molecule has 0 unspecified atom stereocenters. The number of aromatic nitrogens is 1. The van der Waals surface area contributed by atoms with Crippen molar-refractivity contribution in [3.63, 3.8) is 0 Å². The summed E-state index contributed by atoms with van der Waals surface area (Å²) in [4.78, 5) is 16.3. The number of amides is 1. The number of nitrogens with one attached hydrogen (secondary N) is 1. The number of aryl methyl sites for hydroxylation is 1. The standard InChI is InChI=1S/C13H17BrN2O2/c1-10-8-11(2-5-15-10)12(17)16-13(9-14)3-6-18-7-4-13/h2,5,8H,3-4,6-7,9H2,1H3,(H,16,17). The van der Waals surface area contributed by atoms with Crippen molar-refractivity contribution in [1.29, 1.82) is 0 Å². The fourth-order valence-corrected chi connectivity index (χ4v) is 2.75. The van der Waals surface area contributed by atoms with Crippen LogP contribution in [0.1, 0.15) is 28.9 Å². The molecule has 98 valence electrons. The molecular weight excluding hydrogens is 296 g/mol. The molecule has 0 bridgehead atoms. The Balaban J connectivity index is 2.10. The lowest BCUT2D eigenvalue weighted by Gasteiger charge is -2.36. The van der Waals surface area contributed by atoms with Crippen LogP contribution < -0.4 is 5.32 Å². The minimum absolute atomic E-state index is 0.0400. The van der Waals surface area contributed by atoms with Gasteiger partial charge in [-0.05, 0) is 31.9 Å². The highest BCUT2D eigenvalue weighted by Gasteiger charge is 2.33. The van der Waals surface area contributed by atoms with Crippen LogP contribution >= 0.6 is 15.9 Å². The summed E-state index contributed by atoms with van der Waals surface area (Å²) in [6.07, 6.45) is 3.34. The van der Waals surface area contributed by atoms with Gasteiger partial charge in [-0.25, -0.2) is 0 Å². The minimum atomic E-state index is -0.188. The van der Waals surface area contributed by atoms with Gasteiger partial charge in [-0.15, -0.1) is 0 Å². The van der Waals surface area contributed by atoms with E-state index in [2.05, 4.69) is 26.2 Å². The summed E-state index contributed by atoms with van der Waals surface area (Å²) in [6, 6.07) is 3.54. The zero-order valence-corrected chi connectivity index (χ0v) is 12.0. The van der Waals surface area contributed by atoms with E-state index in [0.29, 0.717) is 18.8 Å². The van der Waals surface area contributed by atoms with Crippen LogP contribution in [0.2, 0.25) is 0 Å². The number of halogens is 1. The average Bonchev–Trinajstić information content (AvgIpc) is 2.40. The Kier molecular flexibility index (Phi) is 4.35. The van der Waals surface area contributed by atoms with Crippen molar-refractivity contribution < 1.29 is 9.53 Å². The highest BCUT2D eigenvalue weighted by atomic mass is 79.9. The van der Waals surface area contributed by atoms with Gasteiger partial charge < -0.3 is 10.1 Å². The summed E-state index contributed by atoms with van der Waals surface area (Å²) in [5, 5.41) is 3.88. The number of ether oxygens (including phenoxy) is 1. The summed E-state index contributed by atoms with van der Waals surface area (Å²) in [6.45, 7) is 3.27. The third kappa shape index (κ3) is 3.09. The van der Waals surface area contributed by atoms with Gasteiger partial charge in [0.05, 0.1) is 5.54 Å². The van der Waals surface area contributed by atoms with Crippen molar-refractivity contribution in [2.24, 2.45) is 0 Å². The SMILES string of the molecule is Cc1cc(C(=O)NC2(CBr)CCOCC2)ccn1. The number of carbonyl (C=O) groups is 1. The second kappa shape index (κ2) is 5.80. The van der Waals surface area contributed by atoms with Crippen molar-refractivity contribution >= 4 is 21.8 Å². The van der Waals surface area contributed by atoms with Gasteiger partial charge in [0.2, 0.25) is 0 Å². The number of alkyl halides is 1. The van der Waals surface area contributed by atoms with E-state index in [4.69, 9.17) is 4.74 Å². The maximum Gasteiger partial charge on any atom is 0.251 e. The average molecular weight is 313 g/mol. The molecule has 0 saturated carbocycles. The molecule has 0 aliphatic carbocycles. The molecule has 2 rings (SSSR count). The van der Waals surface area contributed by atoms with Crippen molar-refractivity contribution in [3.8, 4) is 0 Å². The van der Waals surface area contributed by atoms with Gasteiger partial charge in [0, 0.05) is 36.0 Å². The van der Waals surface area contributed by atoms with Crippen LogP contribution in [0.5, 0.6) is 0 Å². The summed E-state index contributed by atoms with van der Waals surface area (Å²) in [5.74, 6) is -0.0400. The number of hydrogen-bond donors (Lipinski definition) is 1. The van der Waals surface area contributed by atoms with Crippen LogP contribution in [0.25, 0.3) is 0 Å². The van der Waals surface area contributed by atoms with Crippen molar-refractivity contribution in [3.05, 3.63) is 29.6 Å². The molecule has 1 aromatic rings. The molecule has 4 nitrogen and oxygen atoms in total. The predicted molar refractivity (Wildman–Crippen MR) is 73.0 cm³/mol. The quantitative estimate of drug-likeness (QED) is 0.869. The molecular formula is C13H17BrN2O2. The largest absolute Gasteiger partial charge is 0.381 e. The molecule has 5 heteroatoms. The zero-order valence-electron chi connectivity index (χ0n) is 10.4. The molecule has 1 saturated heterocycles. The Hall–Kier alpha value is -0.940. The van der Waals surface area contributed by atoms with Crippen LogP contribution in [0.4, 0.5) is 0 Å². The molecule has 0 atom stereocenters. The van der Waals surface area contributed by atoms with Gasteiger partial charge in [0.15, 0.2) is 0 Å². The van der Waals surface area contributed by atoms with Gasteiger partial charge in [0.25, 0.3) is 5.91 Å². The van der Waals surface area contributed by atoms with Crippen LogP contribution in [0.3, 0.4) is 0 Å². The second-order valence-electron chi connectivity index (χ2n) is 4.67. The zero-order chi connectivity index (χ0) is 13.0. The second-order valence-corrected chi connectivity index (χ2v) is 5.23. The Morgan fingerprint density at radius 2 is 2.28 bits per heavy atom. The van der Waals surface area contributed by atoms with E-state index in [1.165, 1.54) is 0 Å². The van der Waals surface area contributed by atoms with E-state index < -0.39 is 0 Å². The fraction of sp³-hybridized carbons (Fsp3) is 0.538. The number of pyridine rings is 1. The van der Waals surface area contributed by atoms with Gasteiger partial charge in [-0.1, -0.05) is 15.9 Å². The highest BCUT2D eigenvalue weighted by molar-refractivity contribution is 9.09. The van der Waals surface area contributed by atoms with Crippen LogP contribution in [-0.4, -0.2) is 35.0 Å². The van der Waals surface area contributed by atoms with E-state index >= 15 is 0 Å². The normalized spacial score (nSPS) is 18.3. The van der Waals surface area contributed by atoms with Crippen molar-refractivity contribution in [2.75, 3.05) is 18.5 Å². The smallest absolute Gasteiger partial charge is 0.251 e. The Morgan fingerprint density at radius 1 is 1.56 bits per heavy atom. The molecule has 0 aromatic carbocycles. The summed E-state index contributed by atoms with van der Waals surface area (Å²) < 4.78 is 5.35. The van der Waals surface area contributed by atoms with Crippen LogP contribution in [0, 0.1) is 6.92 Å². The van der Waals surface area contributed by atoms with Crippen LogP contribution in [-0.2, 0) is 4.74 Å². The first-order valence-corrected chi connectivity index (χ1v) is 7.16. The van der Waals surface area contributed by atoms with Gasteiger partial charge in [-0.3, -0.25) is 9.78 Å². The molecule has 18 heavy (non-hydrogen) atoms.